The summed E-state index contributed by atoms with van der Waals surface area (Å²) in [4.78, 5) is 0. The minimum Gasteiger partial charge on any atom is -0.497 e. The molecule has 0 saturated carbocycles. The van der Waals surface area contributed by atoms with Gasteiger partial charge in [-0.25, -0.2) is 0 Å². The molecular weight excluding hydrogens is 348 g/mol. The van der Waals surface area contributed by atoms with Crippen LogP contribution in [0.1, 0.15) is 5.89 Å². The Labute approximate surface area is 136 Å². The first-order valence-electron chi connectivity index (χ1n) is 6.60. The highest BCUT2D eigenvalue weighted by atomic mass is 79.9. The SMILES string of the molecule is COc1ccc(-c2nnc(COc3ccccc3Br)o2)cc1. The first kappa shape index (κ1) is 14.6. The zero-order valence-corrected chi connectivity index (χ0v) is 13.4. The molecule has 5 nitrogen and oxygen atoms in total. The van der Waals surface area contributed by atoms with Crippen LogP contribution in [0.3, 0.4) is 0 Å². The van der Waals surface area contributed by atoms with Crippen molar-refractivity contribution < 1.29 is 13.9 Å². The molecule has 0 aliphatic heterocycles. The topological polar surface area (TPSA) is 57.4 Å². The fourth-order valence-corrected chi connectivity index (χ4v) is 2.26. The lowest BCUT2D eigenvalue weighted by Gasteiger charge is -2.04. The zero-order valence-electron chi connectivity index (χ0n) is 11.8. The van der Waals surface area contributed by atoms with Gasteiger partial charge < -0.3 is 13.9 Å². The van der Waals surface area contributed by atoms with Gasteiger partial charge >= 0.3 is 0 Å². The number of hydrogen-bond donors (Lipinski definition) is 0. The maximum Gasteiger partial charge on any atom is 0.254 e. The highest BCUT2D eigenvalue weighted by molar-refractivity contribution is 9.10. The van der Waals surface area contributed by atoms with Crippen molar-refractivity contribution in [2.75, 3.05) is 7.11 Å². The summed E-state index contributed by atoms with van der Waals surface area (Å²) in [6, 6.07) is 15.0. The Kier molecular flexibility index (Phi) is 4.39. The average Bonchev–Trinajstić information content (AvgIpc) is 3.03. The number of methoxy groups -OCH3 is 1. The molecule has 3 rings (SSSR count). The van der Waals surface area contributed by atoms with Crippen molar-refractivity contribution in [3.63, 3.8) is 0 Å². The molecule has 1 aromatic heterocycles. The van der Waals surface area contributed by atoms with Gasteiger partial charge in [-0.15, -0.1) is 10.2 Å². The van der Waals surface area contributed by atoms with Crippen LogP contribution in [0, 0.1) is 0 Å². The van der Waals surface area contributed by atoms with Crippen molar-refractivity contribution in [2.45, 2.75) is 6.61 Å². The maximum atomic E-state index is 5.65. The third-order valence-corrected chi connectivity index (χ3v) is 3.65. The Morgan fingerprint density at radius 2 is 1.82 bits per heavy atom. The van der Waals surface area contributed by atoms with Crippen LogP contribution < -0.4 is 9.47 Å². The monoisotopic (exact) mass is 360 g/mol. The predicted molar refractivity (Wildman–Crippen MR) is 84.8 cm³/mol. The van der Waals surface area contributed by atoms with E-state index in [2.05, 4.69) is 26.1 Å². The Morgan fingerprint density at radius 3 is 2.55 bits per heavy atom. The highest BCUT2D eigenvalue weighted by Gasteiger charge is 2.10. The van der Waals surface area contributed by atoms with Gasteiger partial charge in [0, 0.05) is 5.56 Å². The van der Waals surface area contributed by atoms with Crippen molar-refractivity contribution >= 4 is 15.9 Å². The van der Waals surface area contributed by atoms with Gasteiger partial charge in [-0.2, -0.15) is 0 Å². The van der Waals surface area contributed by atoms with Gasteiger partial charge in [0.05, 0.1) is 11.6 Å². The molecule has 112 valence electrons. The number of halogens is 1. The molecular formula is C16H13BrN2O3. The van der Waals surface area contributed by atoms with Gasteiger partial charge in [0.2, 0.25) is 5.89 Å². The molecule has 0 fully saturated rings. The Bertz CT molecular complexity index is 756. The van der Waals surface area contributed by atoms with E-state index in [-0.39, 0.29) is 6.61 Å². The largest absolute Gasteiger partial charge is 0.497 e. The molecule has 0 saturated heterocycles. The van der Waals surface area contributed by atoms with Gasteiger partial charge in [-0.1, -0.05) is 12.1 Å². The number of aromatic nitrogens is 2. The van der Waals surface area contributed by atoms with Crippen LogP contribution in [-0.4, -0.2) is 17.3 Å². The fraction of sp³-hybridized carbons (Fsp3) is 0.125. The molecule has 0 N–H and O–H groups in total. The third-order valence-electron chi connectivity index (χ3n) is 2.99. The van der Waals surface area contributed by atoms with Crippen LogP contribution >= 0.6 is 15.9 Å². The normalized spacial score (nSPS) is 10.5. The summed E-state index contributed by atoms with van der Waals surface area (Å²) in [6.07, 6.45) is 0. The second kappa shape index (κ2) is 6.62. The summed E-state index contributed by atoms with van der Waals surface area (Å²) in [5, 5.41) is 8.02. The van der Waals surface area contributed by atoms with Crippen LogP contribution in [0.15, 0.2) is 57.4 Å². The summed E-state index contributed by atoms with van der Waals surface area (Å²) in [7, 11) is 1.62. The van der Waals surface area contributed by atoms with E-state index in [1.807, 2.05) is 48.5 Å². The maximum absolute atomic E-state index is 5.65. The van der Waals surface area contributed by atoms with E-state index in [9.17, 15) is 0 Å². The van der Waals surface area contributed by atoms with Gasteiger partial charge in [-0.3, -0.25) is 0 Å². The lowest BCUT2D eigenvalue weighted by atomic mass is 10.2. The van der Waals surface area contributed by atoms with E-state index < -0.39 is 0 Å². The molecule has 0 spiro atoms. The van der Waals surface area contributed by atoms with Crippen molar-refractivity contribution in [3.8, 4) is 23.0 Å². The van der Waals surface area contributed by atoms with E-state index in [1.165, 1.54) is 0 Å². The van der Waals surface area contributed by atoms with Gasteiger partial charge in [-0.05, 0) is 52.3 Å². The number of hydrogen-bond acceptors (Lipinski definition) is 5. The van der Waals surface area contributed by atoms with Gasteiger partial charge in [0.25, 0.3) is 5.89 Å². The Balaban J connectivity index is 1.69. The minimum absolute atomic E-state index is 0.214. The molecule has 3 aromatic rings. The second-order valence-electron chi connectivity index (χ2n) is 4.45. The first-order valence-corrected chi connectivity index (χ1v) is 7.39. The molecule has 0 atom stereocenters. The molecule has 22 heavy (non-hydrogen) atoms. The van der Waals surface area contributed by atoms with Crippen molar-refractivity contribution in [1.29, 1.82) is 0 Å². The van der Waals surface area contributed by atoms with Crippen LogP contribution in [-0.2, 0) is 6.61 Å². The second-order valence-corrected chi connectivity index (χ2v) is 5.30. The van der Waals surface area contributed by atoms with E-state index in [4.69, 9.17) is 13.9 Å². The molecule has 0 bridgehead atoms. The summed E-state index contributed by atoms with van der Waals surface area (Å²) >= 11 is 3.42. The number of ether oxygens (including phenoxy) is 2. The van der Waals surface area contributed by atoms with Crippen LogP contribution in [0.4, 0.5) is 0 Å². The van der Waals surface area contributed by atoms with Gasteiger partial charge in [0.15, 0.2) is 6.61 Å². The predicted octanol–water partition coefficient (Wildman–Crippen LogP) is 4.09. The number of benzene rings is 2. The van der Waals surface area contributed by atoms with E-state index in [1.54, 1.807) is 7.11 Å². The minimum atomic E-state index is 0.214. The smallest absolute Gasteiger partial charge is 0.254 e. The molecule has 0 aliphatic rings. The molecule has 0 amide bonds. The van der Waals surface area contributed by atoms with Gasteiger partial charge in [0.1, 0.15) is 11.5 Å². The zero-order chi connectivity index (χ0) is 15.4. The summed E-state index contributed by atoms with van der Waals surface area (Å²) < 4.78 is 17.2. The molecule has 1 heterocycles. The van der Waals surface area contributed by atoms with E-state index in [0.717, 1.165) is 21.5 Å². The van der Waals surface area contributed by atoms with Crippen molar-refractivity contribution in [3.05, 3.63) is 58.9 Å². The molecule has 0 aliphatic carbocycles. The lowest BCUT2D eigenvalue weighted by Crippen LogP contribution is -1.96. The third kappa shape index (κ3) is 3.28. The molecule has 0 radical (unpaired) electrons. The number of nitrogens with zero attached hydrogens (tertiary/aromatic N) is 2. The quantitative estimate of drug-likeness (QED) is 0.685. The Hall–Kier alpha value is -2.34. The standard InChI is InChI=1S/C16H13BrN2O3/c1-20-12-8-6-11(7-9-12)16-19-18-15(22-16)10-21-14-5-3-2-4-13(14)17/h2-9H,10H2,1H3. The Morgan fingerprint density at radius 1 is 1.05 bits per heavy atom. The average molecular weight is 361 g/mol. The molecule has 6 heteroatoms. The van der Waals surface area contributed by atoms with Crippen LogP contribution in [0.2, 0.25) is 0 Å². The summed E-state index contributed by atoms with van der Waals surface area (Å²) in [6.45, 7) is 0.214. The number of para-hydroxylation sites is 1. The van der Waals surface area contributed by atoms with E-state index in [0.29, 0.717) is 11.8 Å². The number of rotatable bonds is 5. The van der Waals surface area contributed by atoms with Crippen molar-refractivity contribution in [2.24, 2.45) is 0 Å². The first-order chi connectivity index (χ1) is 10.8. The highest BCUT2D eigenvalue weighted by Crippen LogP contribution is 2.25. The lowest BCUT2D eigenvalue weighted by molar-refractivity contribution is 0.263. The molecule has 2 aromatic carbocycles. The van der Waals surface area contributed by atoms with E-state index >= 15 is 0 Å². The van der Waals surface area contributed by atoms with Crippen LogP contribution in [0.25, 0.3) is 11.5 Å². The van der Waals surface area contributed by atoms with Crippen molar-refractivity contribution in [1.82, 2.24) is 10.2 Å². The summed E-state index contributed by atoms with van der Waals surface area (Å²) in [5.74, 6) is 2.38. The van der Waals surface area contributed by atoms with Crippen LogP contribution in [0.5, 0.6) is 11.5 Å². The molecule has 0 unspecified atom stereocenters. The summed E-state index contributed by atoms with van der Waals surface area (Å²) in [5.41, 5.74) is 0.834. The fourth-order valence-electron chi connectivity index (χ4n) is 1.86.